The van der Waals surface area contributed by atoms with Crippen molar-refractivity contribution in [1.82, 2.24) is 9.78 Å². The highest BCUT2D eigenvalue weighted by molar-refractivity contribution is 6.33. The Morgan fingerprint density at radius 3 is 2.60 bits per heavy atom. The van der Waals surface area contributed by atoms with Crippen molar-refractivity contribution < 1.29 is 0 Å². The first-order valence-electron chi connectivity index (χ1n) is 7.39. The van der Waals surface area contributed by atoms with Crippen LogP contribution in [0.5, 0.6) is 0 Å². The quantitative estimate of drug-likeness (QED) is 0.833. The van der Waals surface area contributed by atoms with Crippen molar-refractivity contribution in [3.05, 3.63) is 41.7 Å². The molecule has 0 amide bonds. The van der Waals surface area contributed by atoms with Gasteiger partial charge in [-0.25, -0.2) is 4.68 Å². The SMILES string of the molecule is Clc1cccc(NC2CCCCCC2)c1-n1cccn1. The predicted molar refractivity (Wildman–Crippen MR) is 83.7 cm³/mol. The van der Waals surface area contributed by atoms with Crippen LogP contribution in [0.15, 0.2) is 36.7 Å². The number of hydrogen-bond acceptors (Lipinski definition) is 2. The molecule has 1 aliphatic rings. The second-order valence-corrected chi connectivity index (χ2v) is 5.83. The van der Waals surface area contributed by atoms with E-state index >= 15 is 0 Å². The Morgan fingerprint density at radius 2 is 1.90 bits per heavy atom. The molecule has 3 nitrogen and oxygen atoms in total. The Kier molecular flexibility index (Phi) is 4.26. The fraction of sp³-hybridized carbons (Fsp3) is 0.438. The molecule has 1 aliphatic carbocycles. The second-order valence-electron chi connectivity index (χ2n) is 5.42. The van der Waals surface area contributed by atoms with E-state index in [4.69, 9.17) is 11.6 Å². The minimum Gasteiger partial charge on any atom is -0.381 e. The van der Waals surface area contributed by atoms with E-state index in [-0.39, 0.29) is 0 Å². The number of aromatic nitrogens is 2. The normalized spacial score (nSPS) is 16.9. The molecule has 0 bridgehead atoms. The lowest BCUT2D eigenvalue weighted by molar-refractivity contribution is 0.619. The van der Waals surface area contributed by atoms with Gasteiger partial charge in [-0.15, -0.1) is 0 Å². The molecule has 1 aromatic heterocycles. The summed E-state index contributed by atoms with van der Waals surface area (Å²) in [5, 5.41) is 8.71. The third kappa shape index (κ3) is 2.98. The van der Waals surface area contributed by atoms with Crippen molar-refractivity contribution >= 4 is 17.3 Å². The average Bonchev–Trinajstić information content (AvgIpc) is 2.84. The maximum absolute atomic E-state index is 6.37. The van der Waals surface area contributed by atoms with Gasteiger partial charge < -0.3 is 5.32 Å². The maximum Gasteiger partial charge on any atom is 0.106 e. The number of nitrogens with one attached hydrogen (secondary N) is 1. The first kappa shape index (κ1) is 13.5. The molecule has 20 heavy (non-hydrogen) atoms. The summed E-state index contributed by atoms with van der Waals surface area (Å²) in [6, 6.07) is 8.46. The summed E-state index contributed by atoms with van der Waals surface area (Å²) in [6.45, 7) is 0. The van der Waals surface area contributed by atoms with Gasteiger partial charge in [-0.1, -0.05) is 43.4 Å². The van der Waals surface area contributed by atoms with Gasteiger partial charge in [-0.05, 0) is 31.0 Å². The molecule has 0 saturated heterocycles. The van der Waals surface area contributed by atoms with Crippen LogP contribution in [-0.4, -0.2) is 15.8 Å². The fourth-order valence-electron chi connectivity index (χ4n) is 2.91. The van der Waals surface area contributed by atoms with Gasteiger partial charge in [0.2, 0.25) is 0 Å². The number of halogens is 1. The molecule has 1 saturated carbocycles. The van der Waals surface area contributed by atoms with Crippen LogP contribution in [0, 0.1) is 0 Å². The first-order valence-corrected chi connectivity index (χ1v) is 7.77. The topological polar surface area (TPSA) is 29.9 Å². The van der Waals surface area contributed by atoms with Crippen molar-refractivity contribution in [3.63, 3.8) is 0 Å². The van der Waals surface area contributed by atoms with Crippen LogP contribution < -0.4 is 5.32 Å². The minimum absolute atomic E-state index is 0.547. The van der Waals surface area contributed by atoms with E-state index in [9.17, 15) is 0 Å². The lowest BCUT2D eigenvalue weighted by Crippen LogP contribution is -2.19. The molecule has 3 rings (SSSR count). The highest BCUT2D eigenvalue weighted by Gasteiger charge is 2.15. The smallest absolute Gasteiger partial charge is 0.106 e. The molecule has 106 valence electrons. The van der Waals surface area contributed by atoms with Crippen molar-refractivity contribution in [2.24, 2.45) is 0 Å². The van der Waals surface area contributed by atoms with E-state index in [0.29, 0.717) is 6.04 Å². The summed E-state index contributed by atoms with van der Waals surface area (Å²) in [5.74, 6) is 0. The van der Waals surface area contributed by atoms with Crippen molar-refractivity contribution in [1.29, 1.82) is 0 Å². The van der Waals surface area contributed by atoms with Gasteiger partial charge in [-0.2, -0.15) is 5.10 Å². The summed E-state index contributed by atoms with van der Waals surface area (Å²) in [6.07, 6.45) is 11.5. The maximum atomic E-state index is 6.37. The van der Waals surface area contributed by atoms with Crippen LogP contribution in [0.25, 0.3) is 5.69 Å². The summed E-state index contributed by atoms with van der Waals surface area (Å²) in [4.78, 5) is 0. The van der Waals surface area contributed by atoms with Gasteiger partial charge in [0.1, 0.15) is 5.69 Å². The van der Waals surface area contributed by atoms with Crippen LogP contribution in [0.1, 0.15) is 38.5 Å². The molecule has 0 spiro atoms. The zero-order chi connectivity index (χ0) is 13.8. The van der Waals surface area contributed by atoms with E-state index in [0.717, 1.165) is 16.4 Å². The van der Waals surface area contributed by atoms with Gasteiger partial charge in [0.25, 0.3) is 0 Å². The molecule has 1 aromatic carbocycles. The number of nitrogens with zero attached hydrogens (tertiary/aromatic N) is 2. The molecule has 0 aliphatic heterocycles. The lowest BCUT2D eigenvalue weighted by atomic mass is 10.1. The van der Waals surface area contributed by atoms with Crippen molar-refractivity contribution in [3.8, 4) is 5.69 Å². The van der Waals surface area contributed by atoms with Gasteiger partial charge in [0.15, 0.2) is 0 Å². The molecular weight excluding hydrogens is 270 g/mol. The molecule has 4 heteroatoms. The molecule has 2 aromatic rings. The lowest BCUT2D eigenvalue weighted by Gasteiger charge is -2.20. The predicted octanol–water partition coefficient (Wildman–Crippen LogP) is 4.66. The van der Waals surface area contributed by atoms with Crippen molar-refractivity contribution in [2.75, 3.05) is 5.32 Å². The fourth-order valence-corrected chi connectivity index (χ4v) is 3.17. The molecule has 1 fully saturated rings. The second kappa shape index (κ2) is 6.31. The van der Waals surface area contributed by atoms with E-state index in [1.54, 1.807) is 6.20 Å². The van der Waals surface area contributed by atoms with Gasteiger partial charge in [0.05, 0.1) is 10.7 Å². The largest absolute Gasteiger partial charge is 0.381 e. The Balaban J connectivity index is 1.87. The molecule has 1 heterocycles. The standard InChI is InChI=1S/C16H20ClN3/c17-14-9-5-10-15(16(14)20-12-6-11-18-20)19-13-7-3-1-2-4-8-13/h5-6,9-13,19H,1-4,7-8H2. The van der Waals surface area contributed by atoms with E-state index < -0.39 is 0 Å². The highest BCUT2D eigenvalue weighted by atomic mass is 35.5. The molecule has 0 unspecified atom stereocenters. The van der Waals surface area contributed by atoms with E-state index in [2.05, 4.69) is 16.5 Å². The monoisotopic (exact) mass is 289 g/mol. The third-order valence-corrected chi connectivity index (χ3v) is 4.24. The van der Waals surface area contributed by atoms with Crippen molar-refractivity contribution in [2.45, 2.75) is 44.6 Å². The van der Waals surface area contributed by atoms with E-state index in [1.807, 2.05) is 29.1 Å². The Hall–Kier alpha value is -1.48. The Labute approximate surface area is 124 Å². The molecule has 1 N–H and O–H groups in total. The zero-order valence-corrected chi connectivity index (χ0v) is 12.3. The summed E-state index contributed by atoms with van der Waals surface area (Å²) in [5.41, 5.74) is 2.02. The van der Waals surface area contributed by atoms with Crippen LogP contribution in [0.3, 0.4) is 0 Å². The Bertz CT molecular complexity index is 543. The number of hydrogen-bond donors (Lipinski definition) is 1. The molecule has 0 radical (unpaired) electrons. The van der Waals surface area contributed by atoms with Crippen LogP contribution in [0.2, 0.25) is 5.02 Å². The van der Waals surface area contributed by atoms with Crippen LogP contribution in [0.4, 0.5) is 5.69 Å². The van der Waals surface area contributed by atoms with Crippen LogP contribution >= 0.6 is 11.6 Å². The van der Waals surface area contributed by atoms with Crippen LogP contribution in [-0.2, 0) is 0 Å². The first-order chi connectivity index (χ1) is 9.84. The molecule has 0 atom stereocenters. The summed E-state index contributed by atoms with van der Waals surface area (Å²) >= 11 is 6.37. The van der Waals surface area contributed by atoms with Gasteiger partial charge >= 0.3 is 0 Å². The third-order valence-electron chi connectivity index (χ3n) is 3.94. The van der Waals surface area contributed by atoms with Gasteiger partial charge in [-0.3, -0.25) is 0 Å². The number of benzene rings is 1. The number of anilines is 1. The van der Waals surface area contributed by atoms with E-state index in [1.165, 1.54) is 38.5 Å². The summed E-state index contributed by atoms with van der Waals surface area (Å²) in [7, 11) is 0. The minimum atomic E-state index is 0.547. The molecular formula is C16H20ClN3. The highest BCUT2D eigenvalue weighted by Crippen LogP contribution is 2.30. The number of para-hydroxylation sites is 1. The zero-order valence-electron chi connectivity index (χ0n) is 11.6. The van der Waals surface area contributed by atoms with Gasteiger partial charge in [0, 0.05) is 18.4 Å². The number of rotatable bonds is 3. The Morgan fingerprint density at radius 1 is 1.10 bits per heavy atom. The summed E-state index contributed by atoms with van der Waals surface area (Å²) < 4.78 is 1.83. The average molecular weight is 290 g/mol.